The zero-order chi connectivity index (χ0) is 18.2. The monoisotopic (exact) mass is 379 g/mol. The Balaban J connectivity index is 1.85. The van der Waals surface area contributed by atoms with Crippen LogP contribution in [0.5, 0.6) is 5.75 Å². The zero-order valence-corrected chi connectivity index (χ0v) is 16.2. The molecule has 0 unspecified atom stereocenters. The van der Waals surface area contributed by atoms with Gasteiger partial charge in [0.1, 0.15) is 11.4 Å². The molecule has 1 heterocycles. The lowest BCUT2D eigenvalue weighted by molar-refractivity contribution is 0.0845. The molecule has 0 amide bonds. The largest absolute Gasteiger partial charge is 0.488 e. The smallest absolute Gasteiger partial charge is 0.243 e. The van der Waals surface area contributed by atoms with Crippen molar-refractivity contribution in [2.75, 3.05) is 7.05 Å². The van der Waals surface area contributed by atoms with E-state index in [1.807, 2.05) is 26.0 Å². The third kappa shape index (κ3) is 4.00. The van der Waals surface area contributed by atoms with E-state index in [4.69, 9.17) is 16.3 Å². The molecule has 4 nitrogen and oxygen atoms in total. The van der Waals surface area contributed by atoms with Gasteiger partial charge in [-0.25, -0.2) is 8.42 Å². The molecule has 25 heavy (non-hydrogen) atoms. The average Bonchev–Trinajstić information content (AvgIpc) is 2.53. The number of ether oxygens (including phenoxy) is 1. The van der Waals surface area contributed by atoms with Gasteiger partial charge < -0.3 is 4.74 Å². The number of nitrogens with zero attached hydrogens (tertiary/aromatic N) is 1. The van der Waals surface area contributed by atoms with Crippen molar-refractivity contribution in [3.05, 3.63) is 58.6 Å². The van der Waals surface area contributed by atoms with Gasteiger partial charge in [0.2, 0.25) is 10.0 Å². The van der Waals surface area contributed by atoms with Crippen LogP contribution in [0, 0.1) is 0 Å². The van der Waals surface area contributed by atoms with Crippen molar-refractivity contribution in [1.29, 1.82) is 0 Å². The Labute approximate surface area is 154 Å². The summed E-state index contributed by atoms with van der Waals surface area (Å²) >= 11 is 5.98. The first kappa shape index (κ1) is 18.2. The molecule has 0 fully saturated rings. The number of aryl methyl sites for hydroxylation is 1. The lowest BCUT2D eigenvalue weighted by Gasteiger charge is -2.32. The van der Waals surface area contributed by atoms with Crippen molar-refractivity contribution >= 4 is 21.6 Å². The summed E-state index contributed by atoms with van der Waals surface area (Å²) in [4.78, 5) is 0.291. The van der Waals surface area contributed by atoms with E-state index >= 15 is 0 Å². The molecule has 1 aliphatic rings. The Kier molecular flexibility index (Phi) is 4.84. The van der Waals surface area contributed by atoms with Crippen LogP contribution in [0.3, 0.4) is 0 Å². The summed E-state index contributed by atoms with van der Waals surface area (Å²) in [7, 11) is -2.00. The summed E-state index contributed by atoms with van der Waals surface area (Å²) in [5, 5.41) is 0.594. The molecular formula is C19H22ClNO3S. The molecule has 6 heteroatoms. The van der Waals surface area contributed by atoms with Crippen LogP contribution in [0.1, 0.15) is 31.4 Å². The second-order valence-corrected chi connectivity index (χ2v) is 9.50. The number of rotatable bonds is 4. The number of hydrogen-bond acceptors (Lipinski definition) is 3. The Morgan fingerprint density at radius 2 is 1.96 bits per heavy atom. The molecule has 0 aliphatic carbocycles. The summed E-state index contributed by atoms with van der Waals surface area (Å²) in [6.45, 7) is 4.35. The van der Waals surface area contributed by atoms with Gasteiger partial charge in [-0.2, -0.15) is 4.31 Å². The number of benzene rings is 2. The van der Waals surface area contributed by atoms with E-state index in [2.05, 4.69) is 0 Å². The second-order valence-electron chi connectivity index (χ2n) is 7.02. The Bertz CT molecular complexity index is 893. The van der Waals surface area contributed by atoms with Gasteiger partial charge in [0.15, 0.2) is 0 Å². The van der Waals surface area contributed by atoms with Crippen LogP contribution in [0.4, 0.5) is 0 Å². The standard InChI is InChI=1S/C19H22ClNO3S/c1-19(2)10-9-15-12-17(7-8-18(15)24-19)25(22,23)21(3)13-14-5-4-6-16(20)11-14/h4-8,11-12H,9-10,13H2,1-3H3. The van der Waals surface area contributed by atoms with Gasteiger partial charge in [0, 0.05) is 18.6 Å². The number of sulfonamides is 1. The Morgan fingerprint density at radius 1 is 1.20 bits per heavy atom. The zero-order valence-electron chi connectivity index (χ0n) is 14.6. The molecule has 3 rings (SSSR count). The van der Waals surface area contributed by atoms with Crippen molar-refractivity contribution in [1.82, 2.24) is 4.31 Å². The van der Waals surface area contributed by atoms with Gasteiger partial charge >= 0.3 is 0 Å². The first-order valence-corrected chi connectivity index (χ1v) is 10.0. The highest BCUT2D eigenvalue weighted by atomic mass is 35.5. The quantitative estimate of drug-likeness (QED) is 0.797. The number of hydrogen-bond donors (Lipinski definition) is 0. The molecule has 1 aliphatic heterocycles. The van der Waals surface area contributed by atoms with Crippen molar-refractivity contribution in [3.63, 3.8) is 0 Å². The van der Waals surface area contributed by atoms with E-state index in [0.717, 1.165) is 29.7 Å². The average molecular weight is 380 g/mol. The summed E-state index contributed by atoms with van der Waals surface area (Å²) in [5.41, 5.74) is 1.58. The highest BCUT2D eigenvalue weighted by molar-refractivity contribution is 7.89. The Hall–Kier alpha value is -1.56. The maximum atomic E-state index is 12.9. The van der Waals surface area contributed by atoms with E-state index in [-0.39, 0.29) is 12.1 Å². The molecular weight excluding hydrogens is 358 g/mol. The van der Waals surface area contributed by atoms with Crippen molar-refractivity contribution < 1.29 is 13.2 Å². The van der Waals surface area contributed by atoms with Crippen LogP contribution < -0.4 is 4.74 Å². The summed E-state index contributed by atoms with van der Waals surface area (Å²) in [6, 6.07) is 12.3. The molecule has 0 bridgehead atoms. The van der Waals surface area contributed by atoms with Crippen LogP contribution in [-0.2, 0) is 23.0 Å². The number of halogens is 1. The van der Waals surface area contributed by atoms with Crippen molar-refractivity contribution in [2.24, 2.45) is 0 Å². The van der Waals surface area contributed by atoms with Gasteiger partial charge in [-0.1, -0.05) is 23.7 Å². The molecule has 0 saturated carbocycles. The minimum Gasteiger partial charge on any atom is -0.488 e. The molecule has 0 saturated heterocycles. The molecule has 134 valence electrons. The van der Waals surface area contributed by atoms with E-state index in [9.17, 15) is 8.42 Å². The maximum Gasteiger partial charge on any atom is 0.243 e. The second kappa shape index (κ2) is 6.63. The fraction of sp³-hybridized carbons (Fsp3) is 0.368. The third-order valence-corrected chi connectivity index (χ3v) is 6.45. The molecule has 0 atom stereocenters. The highest BCUT2D eigenvalue weighted by Crippen LogP contribution is 2.34. The van der Waals surface area contributed by atoms with Gasteiger partial charge in [-0.15, -0.1) is 0 Å². The van der Waals surface area contributed by atoms with Crippen LogP contribution in [0.2, 0.25) is 5.02 Å². The van der Waals surface area contributed by atoms with Crippen LogP contribution in [0.15, 0.2) is 47.4 Å². The lowest BCUT2D eigenvalue weighted by Crippen LogP contribution is -2.33. The predicted molar refractivity (Wildman–Crippen MR) is 99.6 cm³/mol. The first-order valence-electron chi connectivity index (χ1n) is 8.20. The maximum absolute atomic E-state index is 12.9. The van der Waals surface area contributed by atoms with E-state index in [1.54, 1.807) is 37.4 Å². The van der Waals surface area contributed by atoms with Gasteiger partial charge in [0.05, 0.1) is 4.90 Å². The summed E-state index contributed by atoms with van der Waals surface area (Å²) in [5.74, 6) is 0.771. The minimum atomic E-state index is -3.58. The Morgan fingerprint density at radius 3 is 2.68 bits per heavy atom. The van der Waals surface area contributed by atoms with Gasteiger partial charge in [-0.05, 0) is 68.1 Å². The normalized spacial score (nSPS) is 16.4. The molecule has 0 spiro atoms. The van der Waals surface area contributed by atoms with Gasteiger partial charge in [0.25, 0.3) is 0 Å². The molecule has 0 aromatic heterocycles. The van der Waals surface area contributed by atoms with Crippen LogP contribution >= 0.6 is 11.6 Å². The van der Waals surface area contributed by atoms with Crippen LogP contribution in [-0.4, -0.2) is 25.4 Å². The van der Waals surface area contributed by atoms with E-state index in [1.165, 1.54) is 4.31 Å². The molecule has 2 aromatic carbocycles. The topological polar surface area (TPSA) is 46.6 Å². The lowest BCUT2D eigenvalue weighted by atomic mass is 9.94. The molecule has 0 N–H and O–H groups in total. The van der Waals surface area contributed by atoms with E-state index in [0.29, 0.717) is 9.92 Å². The minimum absolute atomic E-state index is 0.212. The SMILES string of the molecule is CN(Cc1cccc(Cl)c1)S(=O)(=O)c1ccc2c(c1)CCC(C)(C)O2. The highest BCUT2D eigenvalue weighted by Gasteiger charge is 2.28. The van der Waals surface area contributed by atoms with E-state index < -0.39 is 10.0 Å². The fourth-order valence-corrected chi connectivity index (χ4v) is 4.38. The summed E-state index contributed by atoms with van der Waals surface area (Å²) < 4.78 is 33.0. The molecule has 2 aromatic rings. The third-order valence-electron chi connectivity index (χ3n) is 4.42. The van der Waals surface area contributed by atoms with Gasteiger partial charge in [-0.3, -0.25) is 0 Å². The van der Waals surface area contributed by atoms with Crippen LogP contribution in [0.25, 0.3) is 0 Å². The fourth-order valence-electron chi connectivity index (χ4n) is 2.95. The van der Waals surface area contributed by atoms with Crippen molar-refractivity contribution in [2.45, 2.75) is 43.7 Å². The first-order chi connectivity index (χ1) is 11.7. The van der Waals surface area contributed by atoms with Crippen molar-refractivity contribution in [3.8, 4) is 5.75 Å². The number of fused-ring (bicyclic) bond motifs is 1. The molecule has 0 radical (unpaired) electrons. The predicted octanol–water partition coefficient (Wildman–Crippen LogP) is 4.26. The summed E-state index contributed by atoms with van der Waals surface area (Å²) in [6.07, 6.45) is 1.67.